The van der Waals surface area contributed by atoms with Gasteiger partial charge in [-0.15, -0.1) is 11.3 Å². The monoisotopic (exact) mass is 259 g/mol. The fourth-order valence-electron chi connectivity index (χ4n) is 1.96. The van der Waals surface area contributed by atoms with E-state index in [2.05, 4.69) is 54.5 Å². The molecule has 1 N–H and O–H groups in total. The maximum absolute atomic E-state index is 3.46. The number of nitrogens with one attached hydrogen (secondary N) is 1. The minimum atomic E-state index is 0. The number of thiophene rings is 1. The van der Waals surface area contributed by atoms with Crippen molar-refractivity contribution in [3.05, 3.63) is 46.8 Å². The molecule has 0 saturated carbocycles. The summed E-state index contributed by atoms with van der Waals surface area (Å²) in [5.74, 6) is 0. The highest BCUT2D eigenvalue weighted by Crippen LogP contribution is 2.29. The number of aromatic amines is 1. The van der Waals surface area contributed by atoms with Gasteiger partial charge in [-0.3, -0.25) is 0 Å². The van der Waals surface area contributed by atoms with Gasteiger partial charge in [0, 0.05) is 12.3 Å². The van der Waals surface area contributed by atoms with Crippen molar-refractivity contribution in [2.24, 2.45) is 0 Å². The second-order valence-electron chi connectivity index (χ2n) is 4.26. The van der Waals surface area contributed by atoms with E-state index in [1.54, 1.807) is 11.3 Å². The highest BCUT2D eigenvalue weighted by molar-refractivity contribution is 7.13. The molecule has 0 atom stereocenters. The summed E-state index contributed by atoms with van der Waals surface area (Å²) < 4.78 is 0. The minimum absolute atomic E-state index is 0. The predicted octanol–water partition coefficient (Wildman–Crippen LogP) is 5.79. The molecule has 0 unspecified atom stereocenters. The van der Waals surface area contributed by atoms with E-state index in [-0.39, 0.29) is 1.43 Å². The summed E-state index contributed by atoms with van der Waals surface area (Å²) in [6.45, 7) is 8.26. The van der Waals surface area contributed by atoms with Crippen LogP contribution < -0.4 is 0 Å². The van der Waals surface area contributed by atoms with Crippen LogP contribution in [0.3, 0.4) is 0 Å². The third-order valence-electron chi connectivity index (χ3n) is 2.77. The van der Waals surface area contributed by atoms with Crippen LogP contribution in [-0.2, 0) is 0 Å². The van der Waals surface area contributed by atoms with Crippen LogP contribution >= 0.6 is 11.3 Å². The van der Waals surface area contributed by atoms with Crippen LogP contribution in [0.25, 0.3) is 21.5 Å². The Bertz CT molecular complexity index is 652. The van der Waals surface area contributed by atoms with Crippen molar-refractivity contribution in [1.82, 2.24) is 4.98 Å². The molecule has 0 radical (unpaired) electrons. The highest BCUT2D eigenvalue weighted by atomic mass is 32.1. The molecular weight excluding hydrogens is 238 g/mol. The molecule has 0 aliphatic heterocycles. The molecule has 2 aromatic heterocycles. The van der Waals surface area contributed by atoms with Crippen LogP contribution in [-0.4, -0.2) is 4.98 Å². The number of hydrogen-bond donors (Lipinski definition) is 1. The second-order valence-corrected chi connectivity index (χ2v) is 5.17. The predicted molar refractivity (Wildman–Crippen MR) is 84.5 cm³/mol. The number of aromatic nitrogens is 1. The molecule has 1 aromatic carbocycles. The first-order valence-electron chi connectivity index (χ1n) is 6.37. The van der Waals surface area contributed by atoms with E-state index in [1.807, 2.05) is 13.8 Å². The molecule has 0 bridgehead atoms. The van der Waals surface area contributed by atoms with Crippen molar-refractivity contribution < 1.29 is 1.43 Å². The van der Waals surface area contributed by atoms with Crippen molar-refractivity contribution in [1.29, 1.82) is 0 Å². The summed E-state index contributed by atoms with van der Waals surface area (Å²) in [5.41, 5.74) is 5.07. The van der Waals surface area contributed by atoms with E-state index in [0.717, 1.165) is 0 Å². The van der Waals surface area contributed by atoms with E-state index in [4.69, 9.17) is 0 Å². The lowest BCUT2D eigenvalue weighted by molar-refractivity contribution is 1.45. The summed E-state index contributed by atoms with van der Waals surface area (Å²) in [4.78, 5) is 4.77. The average molecular weight is 259 g/mol. The third kappa shape index (κ3) is 2.49. The molecule has 3 rings (SSSR count). The maximum atomic E-state index is 3.46. The molecule has 0 aliphatic carbocycles. The molecule has 2 heteroatoms. The number of rotatable bonds is 1. The number of aryl methyl sites for hydroxylation is 2. The van der Waals surface area contributed by atoms with E-state index in [0.29, 0.717) is 0 Å². The van der Waals surface area contributed by atoms with Gasteiger partial charge in [-0.1, -0.05) is 25.5 Å². The first-order chi connectivity index (χ1) is 8.72. The topological polar surface area (TPSA) is 15.8 Å². The second kappa shape index (κ2) is 5.40. The number of H-pyrrole nitrogens is 1. The van der Waals surface area contributed by atoms with Crippen molar-refractivity contribution in [2.75, 3.05) is 0 Å². The average Bonchev–Trinajstić information content (AvgIpc) is 2.97. The molecule has 96 valence electrons. The van der Waals surface area contributed by atoms with Crippen LogP contribution in [0.4, 0.5) is 0 Å². The lowest BCUT2D eigenvalue weighted by Crippen LogP contribution is -1.71. The normalized spacial score (nSPS) is 10.2. The van der Waals surface area contributed by atoms with Crippen LogP contribution in [0, 0.1) is 13.8 Å². The van der Waals surface area contributed by atoms with Crippen molar-refractivity contribution in [2.45, 2.75) is 27.7 Å². The molecule has 3 aromatic rings. The Hall–Kier alpha value is -1.54. The van der Waals surface area contributed by atoms with Gasteiger partial charge in [0.25, 0.3) is 0 Å². The van der Waals surface area contributed by atoms with Crippen molar-refractivity contribution in [3.8, 4) is 10.6 Å². The van der Waals surface area contributed by atoms with Crippen molar-refractivity contribution in [3.63, 3.8) is 0 Å². The molecule has 0 fully saturated rings. The van der Waals surface area contributed by atoms with Crippen molar-refractivity contribution >= 4 is 22.2 Å². The maximum Gasteiger partial charge on any atom is 0.0566 e. The van der Waals surface area contributed by atoms with Gasteiger partial charge in [-0.2, -0.15) is 0 Å². The van der Waals surface area contributed by atoms with Gasteiger partial charge in [0.15, 0.2) is 0 Å². The first kappa shape index (κ1) is 12.9. The van der Waals surface area contributed by atoms with Gasteiger partial charge < -0.3 is 4.98 Å². The SMILES string of the molecule is CC.Cc1csc(-c2cc3cc(C)ccc3[nH]2)c1.[HH]. The number of fused-ring (bicyclic) bond motifs is 1. The molecule has 0 aliphatic rings. The first-order valence-corrected chi connectivity index (χ1v) is 7.25. The summed E-state index contributed by atoms with van der Waals surface area (Å²) >= 11 is 1.79. The van der Waals surface area contributed by atoms with Crippen LogP contribution in [0.5, 0.6) is 0 Å². The van der Waals surface area contributed by atoms with E-state index < -0.39 is 0 Å². The summed E-state index contributed by atoms with van der Waals surface area (Å²) in [6.07, 6.45) is 0. The van der Waals surface area contributed by atoms with Gasteiger partial charge in [-0.05, 0) is 49.1 Å². The van der Waals surface area contributed by atoms with E-state index in [1.165, 1.54) is 32.6 Å². The highest BCUT2D eigenvalue weighted by Gasteiger charge is 2.04. The molecule has 0 spiro atoms. The zero-order chi connectivity index (χ0) is 13.1. The Kier molecular flexibility index (Phi) is 3.87. The van der Waals surface area contributed by atoms with Crippen LogP contribution in [0.15, 0.2) is 35.7 Å². The lowest BCUT2D eigenvalue weighted by atomic mass is 10.2. The van der Waals surface area contributed by atoms with Gasteiger partial charge in [-0.25, -0.2) is 0 Å². The van der Waals surface area contributed by atoms with E-state index >= 15 is 0 Å². The Balaban J connectivity index is 0.000000576. The molecular formula is C16H21NS. The van der Waals surface area contributed by atoms with Gasteiger partial charge in [0.05, 0.1) is 10.6 Å². The Morgan fingerprint density at radius 1 is 1.00 bits per heavy atom. The fraction of sp³-hybridized carbons (Fsp3) is 0.250. The van der Waals surface area contributed by atoms with Gasteiger partial charge in [0.2, 0.25) is 0 Å². The third-order valence-corrected chi connectivity index (χ3v) is 3.85. The van der Waals surface area contributed by atoms with Gasteiger partial charge in [0.1, 0.15) is 0 Å². The molecule has 1 nitrogen and oxygen atoms in total. The quantitative estimate of drug-likeness (QED) is 0.569. The summed E-state index contributed by atoms with van der Waals surface area (Å²) in [5, 5.41) is 3.48. The largest absolute Gasteiger partial charge is 0.354 e. The standard InChI is InChI=1S/C14H13NS.C2H6.H2/c1-9-3-4-12-11(5-9)7-13(15-12)14-6-10(2)8-16-14;1-2;/h3-8,15H,1-2H3;1-2H3;1H. The zero-order valence-electron chi connectivity index (χ0n) is 11.4. The number of hydrogen-bond acceptors (Lipinski definition) is 1. The summed E-state index contributed by atoms with van der Waals surface area (Å²) in [6, 6.07) is 11.0. The van der Waals surface area contributed by atoms with Crippen LogP contribution in [0.2, 0.25) is 0 Å². The Labute approximate surface area is 114 Å². The van der Waals surface area contributed by atoms with E-state index in [9.17, 15) is 0 Å². The lowest BCUT2D eigenvalue weighted by Gasteiger charge is -1.90. The molecule has 18 heavy (non-hydrogen) atoms. The zero-order valence-corrected chi connectivity index (χ0v) is 12.2. The van der Waals surface area contributed by atoms with Crippen LogP contribution in [0.1, 0.15) is 26.4 Å². The molecule has 0 amide bonds. The smallest absolute Gasteiger partial charge is 0.0566 e. The number of benzene rings is 1. The molecule has 0 saturated heterocycles. The summed E-state index contributed by atoms with van der Waals surface area (Å²) in [7, 11) is 0. The molecule has 2 heterocycles. The Morgan fingerprint density at radius 2 is 1.78 bits per heavy atom. The fourth-order valence-corrected chi connectivity index (χ4v) is 2.83. The minimum Gasteiger partial charge on any atom is -0.354 e. The Morgan fingerprint density at radius 3 is 2.44 bits per heavy atom. The van der Waals surface area contributed by atoms with Gasteiger partial charge >= 0.3 is 0 Å².